The van der Waals surface area contributed by atoms with Crippen molar-refractivity contribution in [2.24, 2.45) is 0 Å². The molecule has 17 heavy (non-hydrogen) atoms. The van der Waals surface area contributed by atoms with Gasteiger partial charge < -0.3 is 4.98 Å². The second-order valence-corrected chi connectivity index (χ2v) is 5.01. The van der Waals surface area contributed by atoms with Gasteiger partial charge in [-0.05, 0) is 30.9 Å². The Kier molecular flexibility index (Phi) is 2.50. The first kappa shape index (κ1) is 10.6. The Labute approximate surface area is 101 Å². The van der Waals surface area contributed by atoms with E-state index in [1.807, 2.05) is 6.20 Å². The minimum Gasteiger partial charge on any atom is -0.361 e. The number of nitrogens with one attached hydrogen (secondary N) is 1. The minimum absolute atomic E-state index is 0.124. The van der Waals surface area contributed by atoms with Crippen LogP contribution in [-0.4, -0.2) is 10.8 Å². The summed E-state index contributed by atoms with van der Waals surface area (Å²) in [5.41, 5.74) is 3.63. The molecule has 1 saturated carbocycles. The van der Waals surface area contributed by atoms with Gasteiger partial charge in [0.25, 0.3) is 0 Å². The van der Waals surface area contributed by atoms with Crippen LogP contribution in [0.25, 0.3) is 10.9 Å². The number of benzene rings is 1. The quantitative estimate of drug-likeness (QED) is 0.791. The smallest absolute Gasteiger partial charge is 0.140 e. The maximum Gasteiger partial charge on any atom is 0.140 e. The number of hydrogen-bond donors (Lipinski definition) is 1. The molecule has 3 rings (SSSR count). The predicted molar refractivity (Wildman–Crippen MR) is 69.3 cm³/mol. The zero-order chi connectivity index (χ0) is 11.8. The Morgan fingerprint density at radius 3 is 3.00 bits per heavy atom. The summed E-state index contributed by atoms with van der Waals surface area (Å²) in [7, 11) is 0. The molecule has 88 valence electrons. The molecule has 0 amide bonds. The lowest BCUT2D eigenvalue weighted by Gasteiger charge is -2.19. The van der Waals surface area contributed by atoms with E-state index >= 15 is 0 Å². The van der Waals surface area contributed by atoms with Crippen LogP contribution in [0.5, 0.6) is 0 Å². The van der Waals surface area contributed by atoms with Crippen molar-refractivity contribution < 1.29 is 4.79 Å². The van der Waals surface area contributed by atoms with E-state index in [0.29, 0.717) is 5.78 Å². The third kappa shape index (κ3) is 1.68. The lowest BCUT2D eigenvalue weighted by Crippen LogP contribution is -2.16. The van der Waals surface area contributed by atoms with E-state index in [1.54, 1.807) is 0 Å². The molecular formula is C15H17NO. The number of aromatic amines is 1. The fraction of sp³-hybridized carbons (Fsp3) is 0.400. The van der Waals surface area contributed by atoms with Gasteiger partial charge in [-0.15, -0.1) is 0 Å². The average molecular weight is 227 g/mol. The number of Topliss-reactive ketones (excluding diaryl/α,β-unsaturated/α-hetero) is 1. The highest BCUT2D eigenvalue weighted by molar-refractivity contribution is 5.94. The zero-order valence-electron chi connectivity index (χ0n) is 10.1. The molecule has 0 spiro atoms. The number of H-pyrrole nitrogens is 1. The number of fused-ring (bicyclic) bond motifs is 1. The molecule has 2 heteroatoms. The van der Waals surface area contributed by atoms with Crippen molar-refractivity contribution in [1.29, 1.82) is 0 Å². The molecule has 2 aromatic rings. The van der Waals surface area contributed by atoms with E-state index in [9.17, 15) is 4.79 Å². The first-order valence-corrected chi connectivity index (χ1v) is 6.36. The second-order valence-electron chi connectivity index (χ2n) is 5.01. The first-order valence-electron chi connectivity index (χ1n) is 6.36. The SMILES string of the molecule is Cc1cccc2c(C3CCCCC3=O)c[nH]c12. The van der Waals surface area contributed by atoms with Gasteiger partial charge in [0.2, 0.25) is 0 Å². The first-order chi connectivity index (χ1) is 8.27. The molecule has 0 radical (unpaired) electrons. The largest absolute Gasteiger partial charge is 0.361 e. The fourth-order valence-corrected chi connectivity index (χ4v) is 2.93. The van der Waals surface area contributed by atoms with Gasteiger partial charge in [-0.25, -0.2) is 0 Å². The number of aryl methyl sites for hydroxylation is 1. The molecule has 1 aromatic carbocycles. The van der Waals surface area contributed by atoms with Crippen LogP contribution in [0.2, 0.25) is 0 Å². The molecule has 1 aliphatic rings. The second kappa shape index (κ2) is 4.02. The molecule has 1 fully saturated rings. The summed E-state index contributed by atoms with van der Waals surface area (Å²) in [5, 5.41) is 1.23. The van der Waals surface area contributed by atoms with Crippen LogP contribution in [0.4, 0.5) is 0 Å². The lowest BCUT2D eigenvalue weighted by molar-refractivity contribution is -0.121. The van der Waals surface area contributed by atoms with Crippen LogP contribution < -0.4 is 0 Å². The van der Waals surface area contributed by atoms with Gasteiger partial charge in [0.1, 0.15) is 5.78 Å². The summed E-state index contributed by atoms with van der Waals surface area (Å²) in [6, 6.07) is 6.30. The van der Waals surface area contributed by atoms with Crippen molar-refractivity contribution in [2.45, 2.75) is 38.5 Å². The molecule has 0 aliphatic heterocycles. The third-order valence-electron chi connectivity index (χ3n) is 3.89. The summed E-state index contributed by atoms with van der Waals surface area (Å²) in [6.45, 7) is 2.10. The highest BCUT2D eigenvalue weighted by Gasteiger charge is 2.25. The van der Waals surface area contributed by atoms with Gasteiger partial charge in [0.15, 0.2) is 0 Å². The van der Waals surface area contributed by atoms with Crippen LogP contribution in [0.3, 0.4) is 0 Å². The van der Waals surface area contributed by atoms with Crippen LogP contribution in [0.15, 0.2) is 24.4 Å². The summed E-state index contributed by atoms with van der Waals surface area (Å²) in [5.74, 6) is 0.540. The number of aromatic nitrogens is 1. The number of carbonyl (C=O) groups is 1. The van der Waals surface area contributed by atoms with Crippen molar-refractivity contribution >= 4 is 16.7 Å². The Balaban J connectivity index is 2.11. The number of ketones is 1. The summed E-state index contributed by atoms with van der Waals surface area (Å²) in [6.07, 6.45) is 6.04. The average Bonchev–Trinajstić information content (AvgIpc) is 2.75. The molecule has 0 bridgehead atoms. The van der Waals surface area contributed by atoms with Gasteiger partial charge in [0.05, 0.1) is 0 Å². The number of hydrogen-bond acceptors (Lipinski definition) is 1. The van der Waals surface area contributed by atoms with E-state index in [0.717, 1.165) is 19.3 Å². The van der Waals surface area contributed by atoms with Crippen molar-refractivity contribution in [1.82, 2.24) is 4.98 Å². The minimum atomic E-state index is 0.124. The van der Waals surface area contributed by atoms with Gasteiger partial charge >= 0.3 is 0 Å². The maximum absolute atomic E-state index is 12.0. The third-order valence-corrected chi connectivity index (χ3v) is 3.89. The van der Waals surface area contributed by atoms with Crippen molar-refractivity contribution in [3.05, 3.63) is 35.5 Å². The van der Waals surface area contributed by atoms with Crippen molar-refractivity contribution in [2.75, 3.05) is 0 Å². The van der Waals surface area contributed by atoms with E-state index in [-0.39, 0.29) is 5.92 Å². The maximum atomic E-state index is 12.0. The van der Waals surface area contributed by atoms with Gasteiger partial charge in [-0.2, -0.15) is 0 Å². The molecule has 1 heterocycles. The molecule has 1 N–H and O–H groups in total. The summed E-state index contributed by atoms with van der Waals surface area (Å²) in [4.78, 5) is 15.3. The fourth-order valence-electron chi connectivity index (χ4n) is 2.93. The van der Waals surface area contributed by atoms with Crippen LogP contribution in [-0.2, 0) is 4.79 Å². The highest BCUT2D eigenvalue weighted by Crippen LogP contribution is 2.34. The monoisotopic (exact) mass is 227 g/mol. The molecule has 2 nitrogen and oxygen atoms in total. The molecule has 1 unspecified atom stereocenters. The van der Waals surface area contributed by atoms with Crippen LogP contribution in [0.1, 0.15) is 42.7 Å². The van der Waals surface area contributed by atoms with Gasteiger partial charge in [-0.3, -0.25) is 4.79 Å². The Morgan fingerprint density at radius 2 is 2.18 bits per heavy atom. The van der Waals surface area contributed by atoms with E-state index in [1.165, 1.54) is 28.5 Å². The van der Waals surface area contributed by atoms with Crippen LogP contribution in [0, 0.1) is 6.92 Å². The molecule has 1 atom stereocenters. The summed E-state index contributed by atoms with van der Waals surface area (Å²) >= 11 is 0. The van der Waals surface area contributed by atoms with Crippen molar-refractivity contribution in [3.63, 3.8) is 0 Å². The normalized spacial score (nSPS) is 21.0. The molecule has 1 aliphatic carbocycles. The van der Waals surface area contributed by atoms with E-state index < -0.39 is 0 Å². The van der Waals surface area contributed by atoms with Gasteiger partial charge in [0, 0.05) is 29.4 Å². The molecule has 1 aromatic heterocycles. The van der Waals surface area contributed by atoms with E-state index in [4.69, 9.17) is 0 Å². The number of para-hydroxylation sites is 1. The van der Waals surface area contributed by atoms with Crippen LogP contribution >= 0.6 is 0 Å². The van der Waals surface area contributed by atoms with Gasteiger partial charge in [-0.1, -0.05) is 24.6 Å². The Morgan fingerprint density at radius 1 is 1.29 bits per heavy atom. The van der Waals surface area contributed by atoms with Crippen molar-refractivity contribution in [3.8, 4) is 0 Å². The standard InChI is InChI=1S/C15H17NO/c1-10-5-4-7-12-13(9-16-15(10)12)11-6-2-3-8-14(11)17/h4-5,7,9,11,16H,2-3,6,8H2,1H3. The predicted octanol–water partition coefficient (Wildman–Crippen LogP) is 3.70. The molecule has 0 saturated heterocycles. The highest BCUT2D eigenvalue weighted by atomic mass is 16.1. The zero-order valence-corrected chi connectivity index (χ0v) is 10.1. The lowest BCUT2D eigenvalue weighted by atomic mass is 9.83. The Bertz CT molecular complexity index is 567. The number of carbonyl (C=O) groups excluding carboxylic acids is 1. The summed E-state index contributed by atoms with van der Waals surface area (Å²) < 4.78 is 0. The van der Waals surface area contributed by atoms with E-state index in [2.05, 4.69) is 30.1 Å². The molecular weight excluding hydrogens is 210 g/mol. The topological polar surface area (TPSA) is 32.9 Å². The number of rotatable bonds is 1. The Hall–Kier alpha value is -1.57.